The zero-order valence-electron chi connectivity index (χ0n) is 13.2. The smallest absolute Gasteiger partial charge is 0.253 e. The Hall–Kier alpha value is -2.41. The number of carbonyl (C=O) groups excluding carboxylic acids is 2. The molecule has 4 rings (SSSR count). The minimum atomic E-state index is -0.166. The van der Waals surface area contributed by atoms with Crippen molar-refractivity contribution in [2.24, 2.45) is 0 Å². The van der Waals surface area contributed by atoms with Crippen LogP contribution in [0, 0.1) is 0 Å². The van der Waals surface area contributed by atoms with Crippen LogP contribution in [0.25, 0.3) is 11.0 Å². The van der Waals surface area contributed by atoms with Gasteiger partial charge in [-0.3, -0.25) is 9.59 Å². The lowest BCUT2D eigenvalue weighted by Gasteiger charge is -2.36. The first kappa shape index (κ1) is 15.1. The molecule has 0 spiro atoms. The van der Waals surface area contributed by atoms with Crippen molar-refractivity contribution in [1.29, 1.82) is 0 Å². The summed E-state index contributed by atoms with van der Waals surface area (Å²) in [4.78, 5) is 31.7. The molecule has 2 fully saturated rings. The quantitative estimate of drug-likeness (QED) is 0.787. The van der Waals surface area contributed by atoms with Crippen molar-refractivity contribution in [3.8, 4) is 0 Å². The third kappa shape index (κ3) is 2.75. The molecule has 3 atom stereocenters. The van der Waals surface area contributed by atoms with Gasteiger partial charge in [0.15, 0.2) is 0 Å². The van der Waals surface area contributed by atoms with Crippen LogP contribution >= 0.6 is 0 Å². The van der Waals surface area contributed by atoms with Gasteiger partial charge in [-0.15, -0.1) is 0 Å². The lowest BCUT2D eigenvalue weighted by molar-refractivity contribution is -0.125. The largest absolute Gasteiger partial charge is 0.376 e. The molecule has 3 N–H and O–H groups in total. The number of H-pyrrole nitrogens is 1. The molecule has 0 aliphatic carbocycles. The highest BCUT2D eigenvalue weighted by Crippen LogP contribution is 2.23. The van der Waals surface area contributed by atoms with Gasteiger partial charge in [0.05, 0.1) is 23.8 Å². The number of fused-ring (bicyclic) bond motifs is 1. The van der Waals surface area contributed by atoms with Crippen LogP contribution in [-0.4, -0.2) is 46.6 Å². The molecule has 7 heteroatoms. The molecule has 126 valence electrons. The average molecular weight is 328 g/mol. The number of amides is 2. The van der Waals surface area contributed by atoms with E-state index in [1.165, 1.54) is 0 Å². The molecule has 24 heavy (non-hydrogen) atoms. The highest BCUT2D eigenvalue weighted by atomic mass is 16.5. The van der Waals surface area contributed by atoms with Crippen molar-refractivity contribution in [3.05, 3.63) is 30.1 Å². The van der Waals surface area contributed by atoms with Gasteiger partial charge in [-0.05, 0) is 31.4 Å². The van der Waals surface area contributed by atoms with E-state index in [4.69, 9.17) is 4.74 Å². The number of aromatic amines is 1. The van der Waals surface area contributed by atoms with Gasteiger partial charge in [0.1, 0.15) is 5.65 Å². The fourth-order valence-electron chi connectivity index (χ4n) is 3.61. The number of hydrogen-bond acceptors (Lipinski definition) is 4. The number of hydrogen-bond donors (Lipinski definition) is 3. The number of piperidine rings is 1. The van der Waals surface area contributed by atoms with Crippen LogP contribution in [0.5, 0.6) is 0 Å². The second-order valence-electron chi connectivity index (χ2n) is 6.37. The summed E-state index contributed by atoms with van der Waals surface area (Å²) in [5.41, 5.74) is 1.26. The van der Waals surface area contributed by atoms with E-state index < -0.39 is 0 Å². The van der Waals surface area contributed by atoms with Crippen LogP contribution in [0.4, 0.5) is 0 Å². The standard InChI is InChI=1S/C17H20N4O3/c22-14-6-5-12(15(21-14)13-4-2-8-24-13)20-17(23)11-9-19-16-10(11)3-1-7-18-16/h1,3,7,9,12-13,15H,2,4-6,8H2,(H,18,19)(H,20,23)(H,21,22)/t12-,13?,15-/m0/s1. The normalized spacial score (nSPS) is 27.2. The Morgan fingerprint density at radius 1 is 1.38 bits per heavy atom. The Bertz CT molecular complexity index is 766. The Balaban J connectivity index is 1.53. The number of nitrogens with zero attached hydrogens (tertiary/aromatic N) is 1. The molecule has 0 radical (unpaired) electrons. The maximum Gasteiger partial charge on any atom is 0.253 e. The number of carbonyl (C=O) groups is 2. The molecule has 7 nitrogen and oxygen atoms in total. The minimum Gasteiger partial charge on any atom is -0.376 e. The summed E-state index contributed by atoms with van der Waals surface area (Å²) >= 11 is 0. The topological polar surface area (TPSA) is 96.1 Å². The van der Waals surface area contributed by atoms with Crippen molar-refractivity contribution in [1.82, 2.24) is 20.6 Å². The van der Waals surface area contributed by atoms with Gasteiger partial charge in [-0.25, -0.2) is 4.98 Å². The van der Waals surface area contributed by atoms with Gasteiger partial charge in [0.25, 0.3) is 5.91 Å². The highest BCUT2D eigenvalue weighted by Gasteiger charge is 2.37. The van der Waals surface area contributed by atoms with Crippen LogP contribution in [0.1, 0.15) is 36.0 Å². The van der Waals surface area contributed by atoms with Gasteiger partial charge in [-0.2, -0.15) is 0 Å². The van der Waals surface area contributed by atoms with Crippen LogP contribution < -0.4 is 10.6 Å². The monoisotopic (exact) mass is 328 g/mol. The van der Waals surface area contributed by atoms with E-state index in [-0.39, 0.29) is 30.0 Å². The average Bonchev–Trinajstić information content (AvgIpc) is 3.25. The fourth-order valence-corrected chi connectivity index (χ4v) is 3.61. The molecular weight excluding hydrogens is 308 g/mol. The number of pyridine rings is 1. The molecular formula is C17H20N4O3. The molecule has 2 aromatic heterocycles. The first-order valence-electron chi connectivity index (χ1n) is 8.36. The van der Waals surface area contributed by atoms with Crippen molar-refractivity contribution >= 4 is 22.8 Å². The molecule has 2 aliphatic heterocycles. The van der Waals surface area contributed by atoms with Crippen LogP contribution in [-0.2, 0) is 9.53 Å². The molecule has 2 saturated heterocycles. The van der Waals surface area contributed by atoms with Gasteiger partial charge in [0, 0.05) is 30.8 Å². The third-order valence-corrected chi connectivity index (χ3v) is 4.82. The minimum absolute atomic E-state index is 0.0239. The van der Waals surface area contributed by atoms with Crippen molar-refractivity contribution in [2.45, 2.75) is 43.9 Å². The Morgan fingerprint density at radius 3 is 3.12 bits per heavy atom. The number of nitrogens with one attached hydrogen (secondary N) is 3. The summed E-state index contributed by atoms with van der Waals surface area (Å²) in [5.74, 6) is -0.129. The van der Waals surface area contributed by atoms with Crippen molar-refractivity contribution < 1.29 is 14.3 Å². The van der Waals surface area contributed by atoms with E-state index in [1.807, 2.05) is 12.1 Å². The van der Waals surface area contributed by atoms with E-state index >= 15 is 0 Å². The van der Waals surface area contributed by atoms with Crippen LogP contribution in [0.15, 0.2) is 24.5 Å². The molecule has 0 aromatic carbocycles. The summed E-state index contributed by atoms with van der Waals surface area (Å²) in [6.07, 6.45) is 6.29. The molecule has 0 saturated carbocycles. The van der Waals surface area contributed by atoms with Crippen molar-refractivity contribution in [3.63, 3.8) is 0 Å². The van der Waals surface area contributed by atoms with E-state index in [9.17, 15) is 9.59 Å². The molecule has 0 bridgehead atoms. The van der Waals surface area contributed by atoms with Crippen LogP contribution in [0.2, 0.25) is 0 Å². The van der Waals surface area contributed by atoms with Gasteiger partial charge in [-0.1, -0.05) is 0 Å². The Labute approximate surface area is 139 Å². The fraction of sp³-hybridized carbons (Fsp3) is 0.471. The number of ether oxygens (including phenoxy) is 1. The van der Waals surface area contributed by atoms with E-state index in [0.717, 1.165) is 18.2 Å². The second-order valence-corrected chi connectivity index (χ2v) is 6.37. The summed E-state index contributed by atoms with van der Waals surface area (Å²) in [7, 11) is 0. The van der Waals surface area contributed by atoms with Crippen LogP contribution in [0.3, 0.4) is 0 Å². The molecule has 2 amide bonds. The van der Waals surface area contributed by atoms with Gasteiger partial charge >= 0.3 is 0 Å². The number of rotatable bonds is 3. The zero-order chi connectivity index (χ0) is 16.5. The SMILES string of the molecule is O=C1CC[C@H](NC(=O)c2c[nH]c3ncccc23)[C@@H](C2CCCO2)N1. The van der Waals surface area contributed by atoms with Crippen molar-refractivity contribution in [2.75, 3.05) is 6.61 Å². The maximum atomic E-state index is 12.7. The molecule has 2 aliphatic rings. The van der Waals surface area contributed by atoms with Gasteiger partial charge < -0.3 is 20.4 Å². The molecule has 2 aromatic rings. The van der Waals surface area contributed by atoms with E-state index in [0.29, 0.717) is 30.7 Å². The summed E-state index contributed by atoms with van der Waals surface area (Å²) in [6, 6.07) is 3.39. The Kier molecular flexibility index (Phi) is 3.93. The molecule has 1 unspecified atom stereocenters. The predicted molar refractivity (Wildman–Crippen MR) is 87.5 cm³/mol. The lowest BCUT2D eigenvalue weighted by Crippen LogP contribution is -2.60. The summed E-state index contributed by atoms with van der Waals surface area (Å²) in [5, 5.41) is 6.87. The van der Waals surface area contributed by atoms with E-state index in [1.54, 1.807) is 12.4 Å². The number of aromatic nitrogens is 2. The summed E-state index contributed by atoms with van der Waals surface area (Å²) < 4.78 is 5.73. The maximum absolute atomic E-state index is 12.7. The summed E-state index contributed by atoms with van der Waals surface area (Å²) in [6.45, 7) is 0.714. The highest BCUT2D eigenvalue weighted by molar-refractivity contribution is 6.06. The molecule has 4 heterocycles. The second kappa shape index (κ2) is 6.24. The third-order valence-electron chi connectivity index (χ3n) is 4.82. The lowest BCUT2D eigenvalue weighted by atomic mass is 9.92. The first-order valence-corrected chi connectivity index (χ1v) is 8.36. The zero-order valence-corrected chi connectivity index (χ0v) is 13.2. The predicted octanol–water partition coefficient (Wildman–Crippen LogP) is 1.12. The first-order chi connectivity index (χ1) is 11.7. The Morgan fingerprint density at radius 2 is 2.29 bits per heavy atom. The van der Waals surface area contributed by atoms with E-state index in [2.05, 4.69) is 20.6 Å². The van der Waals surface area contributed by atoms with Gasteiger partial charge in [0.2, 0.25) is 5.91 Å².